The Morgan fingerprint density at radius 3 is 2.58 bits per heavy atom. The highest BCUT2D eigenvalue weighted by molar-refractivity contribution is 7.89. The molecule has 1 aliphatic heterocycles. The second kappa shape index (κ2) is 6.47. The molecule has 0 radical (unpaired) electrons. The first-order valence-corrected chi connectivity index (χ1v) is 8.16. The van der Waals surface area contributed by atoms with Gasteiger partial charge in [0.1, 0.15) is 0 Å². The van der Waals surface area contributed by atoms with Crippen molar-refractivity contribution in [3.8, 4) is 0 Å². The largest absolute Gasteiger partial charge is 0.313 e. The number of hydrogen-bond acceptors (Lipinski definition) is 4. The van der Waals surface area contributed by atoms with Gasteiger partial charge >= 0.3 is 0 Å². The van der Waals surface area contributed by atoms with Crippen molar-refractivity contribution in [3.63, 3.8) is 0 Å². The van der Waals surface area contributed by atoms with Gasteiger partial charge in [0.2, 0.25) is 10.0 Å². The van der Waals surface area contributed by atoms with Crippen LogP contribution in [0.1, 0.15) is 24.8 Å². The molecule has 0 spiro atoms. The summed E-state index contributed by atoms with van der Waals surface area (Å²) in [6, 6.07) is 7.23. The van der Waals surface area contributed by atoms with Crippen LogP contribution in [0, 0.1) is 0 Å². The van der Waals surface area contributed by atoms with E-state index in [0.29, 0.717) is 6.04 Å². The van der Waals surface area contributed by atoms with Crippen molar-refractivity contribution < 1.29 is 8.42 Å². The Labute approximate surface area is 114 Å². The molecular formula is C13H21N3O2S. The van der Waals surface area contributed by atoms with Crippen molar-refractivity contribution in [2.24, 2.45) is 5.14 Å². The SMILES string of the molecule is NS(=O)(=O)c1ccc(CNCC2CCCCN2)cc1. The number of nitrogens with two attached hydrogens (primary N) is 1. The number of benzene rings is 1. The molecule has 2 rings (SSSR count). The lowest BCUT2D eigenvalue weighted by molar-refractivity contribution is 0.383. The van der Waals surface area contributed by atoms with Crippen LogP contribution in [0.5, 0.6) is 0 Å². The van der Waals surface area contributed by atoms with Gasteiger partial charge in [-0.1, -0.05) is 18.6 Å². The summed E-state index contributed by atoms with van der Waals surface area (Å²) in [6.45, 7) is 2.79. The fraction of sp³-hybridized carbons (Fsp3) is 0.538. The van der Waals surface area contributed by atoms with Gasteiger partial charge in [-0.2, -0.15) is 0 Å². The van der Waals surface area contributed by atoms with Gasteiger partial charge in [-0.05, 0) is 37.1 Å². The normalized spacial score (nSPS) is 20.4. The Morgan fingerprint density at radius 2 is 2.00 bits per heavy atom. The maximum atomic E-state index is 11.1. The number of hydrogen-bond donors (Lipinski definition) is 3. The quantitative estimate of drug-likeness (QED) is 0.737. The zero-order valence-electron chi connectivity index (χ0n) is 10.9. The van der Waals surface area contributed by atoms with Gasteiger partial charge in [0.05, 0.1) is 4.90 Å². The Hall–Kier alpha value is -0.950. The first-order chi connectivity index (χ1) is 9.05. The number of nitrogens with one attached hydrogen (secondary N) is 2. The molecule has 6 heteroatoms. The molecule has 1 heterocycles. The van der Waals surface area contributed by atoms with Crippen LogP contribution in [0.15, 0.2) is 29.2 Å². The maximum Gasteiger partial charge on any atom is 0.238 e. The topological polar surface area (TPSA) is 84.2 Å². The molecule has 1 aromatic carbocycles. The van der Waals surface area contributed by atoms with Crippen LogP contribution in [0.2, 0.25) is 0 Å². The lowest BCUT2D eigenvalue weighted by Crippen LogP contribution is -2.41. The van der Waals surface area contributed by atoms with E-state index < -0.39 is 10.0 Å². The third-order valence-corrected chi connectivity index (χ3v) is 4.31. The minimum absolute atomic E-state index is 0.158. The highest BCUT2D eigenvalue weighted by Gasteiger charge is 2.11. The van der Waals surface area contributed by atoms with Gasteiger partial charge in [0, 0.05) is 19.1 Å². The molecule has 1 atom stereocenters. The number of sulfonamides is 1. The van der Waals surface area contributed by atoms with Crippen LogP contribution in [0.3, 0.4) is 0 Å². The number of piperidine rings is 1. The molecule has 106 valence electrons. The van der Waals surface area contributed by atoms with E-state index in [9.17, 15) is 8.42 Å². The molecule has 1 saturated heterocycles. The molecule has 5 nitrogen and oxygen atoms in total. The second-order valence-electron chi connectivity index (χ2n) is 4.97. The second-order valence-corrected chi connectivity index (χ2v) is 6.53. The van der Waals surface area contributed by atoms with Crippen LogP contribution in [-0.2, 0) is 16.6 Å². The van der Waals surface area contributed by atoms with Crippen molar-refractivity contribution in [1.29, 1.82) is 0 Å². The standard InChI is InChI=1S/C13H21N3O2S/c14-19(17,18)13-6-4-11(5-7-13)9-15-10-12-3-1-2-8-16-12/h4-7,12,15-16H,1-3,8-10H2,(H2,14,17,18). The summed E-state index contributed by atoms with van der Waals surface area (Å²) < 4.78 is 22.2. The van der Waals surface area contributed by atoms with Crippen molar-refractivity contribution in [1.82, 2.24) is 10.6 Å². The third kappa shape index (κ3) is 4.58. The molecule has 0 amide bonds. The summed E-state index contributed by atoms with van der Waals surface area (Å²) >= 11 is 0. The smallest absolute Gasteiger partial charge is 0.238 e. The minimum atomic E-state index is -3.59. The lowest BCUT2D eigenvalue weighted by atomic mass is 10.1. The summed E-state index contributed by atoms with van der Waals surface area (Å²) in [7, 11) is -3.59. The van der Waals surface area contributed by atoms with E-state index in [1.54, 1.807) is 24.3 Å². The van der Waals surface area contributed by atoms with E-state index in [4.69, 9.17) is 5.14 Å². The molecule has 1 aliphatic rings. The van der Waals surface area contributed by atoms with Gasteiger partial charge in [-0.25, -0.2) is 13.6 Å². The molecular weight excluding hydrogens is 262 g/mol. The summed E-state index contributed by atoms with van der Waals surface area (Å²) in [5, 5.41) is 11.9. The van der Waals surface area contributed by atoms with E-state index in [-0.39, 0.29) is 4.90 Å². The van der Waals surface area contributed by atoms with E-state index in [2.05, 4.69) is 10.6 Å². The Balaban J connectivity index is 1.80. The van der Waals surface area contributed by atoms with E-state index in [1.807, 2.05) is 0 Å². The van der Waals surface area contributed by atoms with Gasteiger partial charge in [0.15, 0.2) is 0 Å². The van der Waals surface area contributed by atoms with Crippen molar-refractivity contribution in [3.05, 3.63) is 29.8 Å². The van der Waals surface area contributed by atoms with Crippen LogP contribution in [0.4, 0.5) is 0 Å². The van der Waals surface area contributed by atoms with Gasteiger partial charge in [0.25, 0.3) is 0 Å². The number of rotatable bonds is 5. The molecule has 1 fully saturated rings. The van der Waals surface area contributed by atoms with Crippen LogP contribution in [0.25, 0.3) is 0 Å². The highest BCUT2D eigenvalue weighted by Crippen LogP contribution is 2.09. The van der Waals surface area contributed by atoms with E-state index >= 15 is 0 Å². The Morgan fingerprint density at radius 1 is 1.26 bits per heavy atom. The molecule has 19 heavy (non-hydrogen) atoms. The molecule has 0 aliphatic carbocycles. The Bertz CT molecular complexity index is 493. The molecule has 4 N–H and O–H groups in total. The zero-order chi connectivity index (χ0) is 13.7. The Kier molecular flexibility index (Phi) is 4.93. The van der Waals surface area contributed by atoms with Gasteiger partial charge in [-0.3, -0.25) is 0 Å². The summed E-state index contributed by atoms with van der Waals surface area (Å²) in [6.07, 6.45) is 3.78. The average molecular weight is 283 g/mol. The predicted octanol–water partition coefficient (Wildman–Crippen LogP) is 0.566. The summed E-state index contributed by atoms with van der Waals surface area (Å²) in [4.78, 5) is 0.158. The highest BCUT2D eigenvalue weighted by atomic mass is 32.2. The molecule has 0 bridgehead atoms. The van der Waals surface area contributed by atoms with E-state index in [0.717, 1.165) is 25.2 Å². The monoisotopic (exact) mass is 283 g/mol. The average Bonchev–Trinajstić information content (AvgIpc) is 2.39. The van der Waals surface area contributed by atoms with E-state index in [1.165, 1.54) is 19.3 Å². The molecule has 0 aromatic heterocycles. The van der Waals surface area contributed by atoms with Crippen LogP contribution < -0.4 is 15.8 Å². The summed E-state index contributed by atoms with van der Waals surface area (Å²) in [5.41, 5.74) is 1.06. The molecule has 1 unspecified atom stereocenters. The van der Waals surface area contributed by atoms with Crippen molar-refractivity contribution >= 4 is 10.0 Å². The molecule has 0 saturated carbocycles. The molecule has 1 aromatic rings. The lowest BCUT2D eigenvalue weighted by Gasteiger charge is -2.23. The fourth-order valence-electron chi connectivity index (χ4n) is 2.29. The first kappa shape index (κ1) is 14.5. The van der Waals surface area contributed by atoms with Crippen molar-refractivity contribution in [2.75, 3.05) is 13.1 Å². The minimum Gasteiger partial charge on any atom is -0.313 e. The van der Waals surface area contributed by atoms with Gasteiger partial charge < -0.3 is 10.6 Å². The first-order valence-electron chi connectivity index (χ1n) is 6.61. The van der Waals surface area contributed by atoms with Crippen molar-refractivity contribution in [2.45, 2.75) is 36.7 Å². The fourth-order valence-corrected chi connectivity index (χ4v) is 2.80. The number of primary sulfonamides is 1. The summed E-state index contributed by atoms with van der Waals surface area (Å²) in [5.74, 6) is 0. The maximum absolute atomic E-state index is 11.1. The van der Waals surface area contributed by atoms with Crippen LogP contribution >= 0.6 is 0 Å². The van der Waals surface area contributed by atoms with Gasteiger partial charge in [-0.15, -0.1) is 0 Å². The van der Waals surface area contributed by atoms with Crippen LogP contribution in [-0.4, -0.2) is 27.5 Å². The zero-order valence-corrected chi connectivity index (χ0v) is 11.7. The third-order valence-electron chi connectivity index (χ3n) is 3.38. The predicted molar refractivity (Wildman–Crippen MR) is 75.2 cm³/mol.